The van der Waals surface area contributed by atoms with Crippen molar-refractivity contribution in [3.63, 3.8) is 0 Å². The summed E-state index contributed by atoms with van der Waals surface area (Å²) in [5.41, 5.74) is 6.72. The van der Waals surface area contributed by atoms with Crippen molar-refractivity contribution in [3.8, 4) is 11.3 Å². The fraction of sp³-hybridized carbons (Fsp3) is 0.429. The molecular formula is C28H32F3N5O2. The number of anilines is 2. The van der Waals surface area contributed by atoms with Crippen LogP contribution in [0.1, 0.15) is 54.4 Å². The van der Waals surface area contributed by atoms with Crippen molar-refractivity contribution in [1.29, 1.82) is 0 Å². The molecule has 2 aliphatic rings. The lowest BCUT2D eigenvalue weighted by molar-refractivity contribution is -0.137. The number of primary amides is 1. The average Bonchev–Trinajstić information content (AvgIpc) is 3.38. The normalized spacial score (nSPS) is 22.3. The van der Waals surface area contributed by atoms with Gasteiger partial charge in [-0.2, -0.15) is 13.2 Å². The first-order valence-electron chi connectivity index (χ1n) is 13.1. The molecule has 2 aromatic carbocycles. The SMILES string of the molecule is NC(=O)c1cccc(-c2cnc(N[C@@H]3CCCC[C@H]3N[C@H]3CCCN(c4ccc(C(F)(F)F)cc4)C3)o2)c1. The number of hydrogen-bond donors (Lipinski definition) is 3. The first-order valence-corrected chi connectivity index (χ1v) is 13.1. The van der Waals surface area contributed by atoms with Gasteiger partial charge in [0.25, 0.3) is 6.01 Å². The number of benzene rings is 2. The average molecular weight is 528 g/mol. The molecule has 1 amide bonds. The van der Waals surface area contributed by atoms with E-state index in [0.29, 0.717) is 17.3 Å². The number of oxazole rings is 1. The van der Waals surface area contributed by atoms with E-state index < -0.39 is 17.6 Å². The summed E-state index contributed by atoms with van der Waals surface area (Å²) in [4.78, 5) is 18.1. The number of halogens is 3. The summed E-state index contributed by atoms with van der Waals surface area (Å²) in [6.07, 6.45) is 3.51. The van der Waals surface area contributed by atoms with E-state index in [4.69, 9.17) is 10.2 Å². The summed E-state index contributed by atoms with van der Waals surface area (Å²) in [5.74, 6) is 0.0517. The van der Waals surface area contributed by atoms with Gasteiger partial charge in [-0.3, -0.25) is 4.79 Å². The van der Waals surface area contributed by atoms with Crippen LogP contribution in [0.5, 0.6) is 0 Å². The molecule has 5 rings (SSSR count). The second-order valence-corrected chi connectivity index (χ2v) is 10.1. The standard InChI is InChI=1S/C28H32F3N5O2/c29-28(30,31)20-10-12-22(13-11-20)36-14-4-7-21(17-36)34-23-8-1-2-9-24(23)35-27-33-16-25(38-27)18-5-3-6-19(15-18)26(32)37/h3,5-6,10-13,15-16,21,23-24,34H,1-2,4,7-9,14,17H2,(H2,32,37)(H,33,35)/t21-,23+,24+/m0/s1. The number of carbonyl (C=O) groups is 1. The molecule has 1 aliphatic heterocycles. The Bertz CT molecular complexity index is 1240. The van der Waals surface area contributed by atoms with Crippen LogP contribution in [-0.2, 0) is 6.18 Å². The molecule has 0 radical (unpaired) electrons. The van der Waals surface area contributed by atoms with E-state index in [9.17, 15) is 18.0 Å². The van der Waals surface area contributed by atoms with Gasteiger partial charge in [-0.25, -0.2) is 4.98 Å². The molecule has 3 atom stereocenters. The first-order chi connectivity index (χ1) is 18.3. The maximum Gasteiger partial charge on any atom is 0.416 e. The largest absolute Gasteiger partial charge is 0.424 e. The molecule has 10 heteroatoms. The fourth-order valence-corrected chi connectivity index (χ4v) is 5.47. The molecule has 0 unspecified atom stereocenters. The highest BCUT2D eigenvalue weighted by atomic mass is 19.4. The minimum absolute atomic E-state index is 0.133. The number of carbonyl (C=O) groups excluding carboxylic acids is 1. The predicted molar refractivity (Wildman–Crippen MR) is 140 cm³/mol. The third-order valence-corrected chi connectivity index (χ3v) is 7.44. The van der Waals surface area contributed by atoms with E-state index >= 15 is 0 Å². The smallest absolute Gasteiger partial charge is 0.416 e. The maximum atomic E-state index is 13.0. The van der Waals surface area contributed by atoms with Crippen LogP contribution in [0.15, 0.2) is 59.1 Å². The van der Waals surface area contributed by atoms with Gasteiger partial charge in [-0.15, -0.1) is 0 Å². The molecule has 3 aromatic rings. The zero-order chi connectivity index (χ0) is 26.7. The van der Waals surface area contributed by atoms with Crippen LogP contribution < -0.4 is 21.3 Å². The highest BCUT2D eigenvalue weighted by Gasteiger charge is 2.32. The van der Waals surface area contributed by atoms with Crippen LogP contribution in [-0.4, -0.2) is 42.1 Å². The van der Waals surface area contributed by atoms with Gasteiger partial charge in [-0.05, 0) is 62.1 Å². The molecule has 4 N–H and O–H groups in total. The van der Waals surface area contributed by atoms with Crippen LogP contribution >= 0.6 is 0 Å². The molecule has 0 spiro atoms. The van der Waals surface area contributed by atoms with E-state index in [0.717, 1.165) is 75.0 Å². The topological polar surface area (TPSA) is 96.4 Å². The summed E-state index contributed by atoms with van der Waals surface area (Å²) >= 11 is 0. The summed E-state index contributed by atoms with van der Waals surface area (Å²) < 4.78 is 44.8. The third kappa shape index (κ3) is 6.12. The minimum atomic E-state index is -4.33. The van der Waals surface area contributed by atoms with E-state index in [1.807, 2.05) is 6.07 Å². The molecule has 2 heterocycles. The van der Waals surface area contributed by atoms with Crippen LogP contribution in [0.4, 0.5) is 24.9 Å². The second kappa shape index (κ2) is 11.1. The van der Waals surface area contributed by atoms with Crippen molar-refractivity contribution in [2.45, 2.75) is 62.8 Å². The van der Waals surface area contributed by atoms with Crippen molar-refractivity contribution >= 4 is 17.6 Å². The molecule has 1 saturated heterocycles. The molecule has 0 bridgehead atoms. The number of amides is 1. The van der Waals surface area contributed by atoms with Gasteiger partial charge < -0.3 is 25.7 Å². The number of nitrogens with one attached hydrogen (secondary N) is 2. The van der Waals surface area contributed by atoms with Gasteiger partial charge in [0.1, 0.15) is 0 Å². The van der Waals surface area contributed by atoms with Crippen molar-refractivity contribution < 1.29 is 22.4 Å². The molecule has 1 aliphatic carbocycles. The second-order valence-electron chi connectivity index (χ2n) is 10.1. The van der Waals surface area contributed by atoms with Crippen molar-refractivity contribution in [3.05, 3.63) is 65.9 Å². The minimum Gasteiger partial charge on any atom is -0.424 e. The van der Waals surface area contributed by atoms with Crippen LogP contribution in [0, 0.1) is 0 Å². The molecule has 1 saturated carbocycles. The van der Waals surface area contributed by atoms with Crippen molar-refractivity contribution in [2.24, 2.45) is 5.73 Å². The molecular weight excluding hydrogens is 495 g/mol. The van der Waals surface area contributed by atoms with Crippen molar-refractivity contribution in [2.75, 3.05) is 23.3 Å². The van der Waals surface area contributed by atoms with Crippen LogP contribution in [0.25, 0.3) is 11.3 Å². The number of aromatic nitrogens is 1. The summed E-state index contributed by atoms with van der Waals surface area (Å²) in [6.45, 7) is 1.57. The number of nitrogens with zero attached hydrogens (tertiary/aromatic N) is 2. The molecule has 38 heavy (non-hydrogen) atoms. The van der Waals surface area contributed by atoms with Gasteiger partial charge in [0, 0.05) is 48.0 Å². The monoisotopic (exact) mass is 527 g/mol. The Hall–Kier alpha value is -3.53. The summed E-state index contributed by atoms with van der Waals surface area (Å²) in [7, 11) is 0. The van der Waals surface area contributed by atoms with E-state index in [-0.39, 0.29) is 18.1 Å². The van der Waals surface area contributed by atoms with Crippen LogP contribution in [0.2, 0.25) is 0 Å². The number of nitrogens with two attached hydrogens (primary N) is 1. The number of piperidine rings is 1. The highest BCUT2D eigenvalue weighted by molar-refractivity contribution is 5.93. The van der Waals surface area contributed by atoms with E-state index in [1.54, 1.807) is 36.5 Å². The zero-order valence-electron chi connectivity index (χ0n) is 21.0. The Morgan fingerprint density at radius 3 is 2.53 bits per heavy atom. The Kier molecular flexibility index (Phi) is 7.60. The van der Waals surface area contributed by atoms with E-state index in [2.05, 4.69) is 20.5 Å². The van der Waals surface area contributed by atoms with Gasteiger partial charge in [0.15, 0.2) is 5.76 Å². The Morgan fingerprint density at radius 2 is 1.79 bits per heavy atom. The lowest BCUT2D eigenvalue weighted by Gasteiger charge is -2.40. The lowest BCUT2D eigenvalue weighted by Crippen LogP contribution is -2.54. The van der Waals surface area contributed by atoms with Gasteiger partial charge in [-0.1, -0.05) is 25.0 Å². The Balaban J connectivity index is 1.22. The zero-order valence-corrected chi connectivity index (χ0v) is 21.0. The summed E-state index contributed by atoms with van der Waals surface area (Å²) in [6, 6.07) is 13.4. The van der Waals surface area contributed by atoms with E-state index in [1.165, 1.54) is 0 Å². The maximum absolute atomic E-state index is 13.0. The Morgan fingerprint density at radius 1 is 1.03 bits per heavy atom. The number of rotatable bonds is 7. The molecule has 2 fully saturated rings. The van der Waals surface area contributed by atoms with Gasteiger partial charge in [0.05, 0.1) is 11.8 Å². The molecule has 7 nitrogen and oxygen atoms in total. The Labute approximate surface area is 219 Å². The fourth-order valence-electron chi connectivity index (χ4n) is 5.47. The first kappa shape index (κ1) is 26.1. The van der Waals surface area contributed by atoms with Gasteiger partial charge >= 0.3 is 6.18 Å². The molecule has 1 aromatic heterocycles. The lowest BCUT2D eigenvalue weighted by atomic mass is 9.89. The highest BCUT2D eigenvalue weighted by Crippen LogP contribution is 2.32. The quantitative estimate of drug-likeness (QED) is 0.379. The molecule has 202 valence electrons. The third-order valence-electron chi connectivity index (χ3n) is 7.44. The predicted octanol–water partition coefficient (Wildman–Crippen LogP) is 5.44. The van der Waals surface area contributed by atoms with Crippen molar-refractivity contribution in [1.82, 2.24) is 10.3 Å². The number of hydrogen-bond acceptors (Lipinski definition) is 6. The summed E-state index contributed by atoms with van der Waals surface area (Å²) in [5, 5.41) is 7.28. The van der Waals surface area contributed by atoms with Gasteiger partial charge in [0.2, 0.25) is 5.91 Å². The van der Waals surface area contributed by atoms with Crippen LogP contribution in [0.3, 0.4) is 0 Å². The number of alkyl halides is 3.